The second kappa shape index (κ2) is 4.21. The molecule has 0 bridgehead atoms. The second-order valence-corrected chi connectivity index (χ2v) is 6.13. The van der Waals surface area contributed by atoms with Crippen molar-refractivity contribution in [2.24, 2.45) is 11.3 Å². The van der Waals surface area contributed by atoms with E-state index < -0.39 is 0 Å². The van der Waals surface area contributed by atoms with E-state index in [9.17, 15) is 5.11 Å². The molecule has 0 spiro atoms. The second-order valence-electron chi connectivity index (χ2n) is 6.13. The van der Waals surface area contributed by atoms with Crippen LogP contribution in [0.1, 0.15) is 38.7 Å². The van der Waals surface area contributed by atoms with Crippen molar-refractivity contribution in [2.75, 3.05) is 6.61 Å². The highest BCUT2D eigenvalue weighted by Gasteiger charge is 2.21. The summed E-state index contributed by atoms with van der Waals surface area (Å²) in [4.78, 5) is 4.69. The first kappa shape index (κ1) is 11.6. The highest BCUT2D eigenvalue weighted by atomic mass is 16.3. The minimum absolute atomic E-state index is 0.293. The Morgan fingerprint density at radius 1 is 1.50 bits per heavy atom. The van der Waals surface area contributed by atoms with Gasteiger partial charge in [-0.05, 0) is 18.3 Å². The summed E-state index contributed by atoms with van der Waals surface area (Å²) in [5.41, 5.74) is 1.49. The molecule has 0 saturated heterocycles. The number of imidazole rings is 1. The number of fused-ring (bicyclic) bond motifs is 1. The molecule has 3 heteroatoms. The molecule has 0 fully saturated rings. The number of rotatable bonds is 2. The predicted molar refractivity (Wildman–Crippen MR) is 64.3 cm³/mol. The molecule has 2 heterocycles. The number of aromatic nitrogens is 2. The van der Waals surface area contributed by atoms with E-state index in [1.807, 2.05) is 0 Å². The Bertz CT molecular complexity index is 362. The van der Waals surface area contributed by atoms with Gasteiger partial charge >= 0.3 is 0 Å². The monoisotopic (exact) mass is 222 g/mol. The Morgan fingerprint density at radius 2 is 2.25 bits per heavy atom. The number of nitrogens with zero attached hydrogens (tertiary/aromatic N) is 2. The van der Waals surface area contributed by atoms with E-state index in [1.54, 1.807) is 0 Å². The summed E-state index contributed by atoms with van der Waals surface area (Å²) < 4.78 is 2.23. The lowest BCUT2D eigenvalue weighted by atomic mass is 9.91. The van der Waals surface area contributed by atoms with Gasteiger partial charge in [-0.1, -0.05) is 20.8 Å². The zero-order chi connectivity index (χ0) is 11.8. The van der Waals surface area contributed by atoms with Crippen molar-refractivity contribution in [3.63, 3.8) is 0 Å². The minimum Gasteiger partial charge on any atom is -0.396 e. The standard InChI is InChI=1S/C13H22N2O/c1-13(2,3)6-11-8-15-7-10(9-16)4-5-12(15)14-11/h8,10,16H,4-7,9H2,1-3H3. The molecule has 0 saturated carbocycles. The fourth-order valence-electron chi connectivity index (χ4n) is 2.35. The molecule has 3 nitrogen and oxygen atoms in total. The Labute approximate surface area is 97.5 Å². The minimum atomic E-state index is 0.293. The average molecular weight is 222 g/mol. The lowest BCUT2D eigenvalue weighted by Crippen LogP contribution is -2.22. The lowest BCUT2D eigenvalue weighted by molar-refractivity contribution is 0.190. The first-order chi connectivity index (χ1) is 7.48. The molecule has 16 heavy (non-hydrogen) atoms. The van der Waals surface area contributed by atoms with Gasteiger partial charge in [0.15, 0.2) is 0 Å². The van der Waals surface area contributed by atoms with Crippen LogP contribution in [0.25, 0.3) is 0 Å². The van der Waals surface area contributed by atoms with E-state index >= 15 is 0 Å². The highest BCUT2D eigenvalue weighted by molar-refractivity contribution is 5.08. The average Bonchev–Trinajstić information content (AvgIpc) is 2.55. The Balaban J connectivity index is 2.12. The van der Waals surface area contributed by atoms with Crippen molar-refractivity contribution in [3.8, 4) is 0 Å². The molecule has 1 atom stereocenters. The smallest absolute Gasteiger partial charge is 0.108 e. The van der Waals surface area contributed by atoms with Crippen molar-refractivity contribution < 1.29 is 5.11 Å². The van der Waals surface area contributed by atoms with Gasteiger partial charge < -0.3 is 9.67 Å². The largest absolute Gasteiger partial charge is 0.396 e. The maximum atomic E-state index is 9.18. The molecule has 0 amide bonds. The van der Waals surface area contributed by atoms with Gasteiger partial charge in [-0.15, -0.1) is 0 Å². The molecule has 1 aromatic heterocycles. The molecular weight excluding hydrogens is 200 g/mol. The zero-order valence-corrected chi connectivity index (χ0v) is 10.5. The van der Waals surface area contributed by atoms with Gasteiger partial charge in [0.05, 0.1) is 5.69 Å². The van der Waals surface area contributed by atoms with Crippen LogP contribution in [0, 0.1) is 11.3 Å². The zero-order valence-electron chi connectivity index (χ0n) is 10.5. The number of aliphatic hydroxyl groups excluding tert-OH is 1. The van der Waals surface area contributed by atoms with E-state index in [-0.39, 0.29) is 0 Å². The molecular formula is C13H22N2O. The summed E-state index contributed by atoms with van der Waals surface area (Å²) in [5, 5.41) is 9.18. The van der Waals surface area contributed by atoms with E-state index in [1.165, 1.54) is 11.5 Å². The summed E-state index contributed by atoms with van der Waals surface area (Å²) >= 11 is 0. The van der Waals surface area contributed by atoms with Gasteiger partial charge in [0.25, 0.3) is 0 Å². The van der Waals surface area contributed by atoms with Gasteiger partial charge in [0.1, 0.15) is 5.82 Å². The Hall–Kier alpha value is -0.830. The van der Waals surface area contributed by atoms with Crippen molar-refractivity contribution in [3.05, 3.63) is 17.7 Å². The number of hydrogen-bond donors (Lipinski definition) is 1. The van der Waals surface area contributed by atoms with Crippen LogP contribution in [0.4, 0.5) is 0 Å². The van der Waals surface area contributed by atoms with Gasteiger partial charge in [-0.25, -0.2) is 4.98 Å². The molecule has 1 unspecified atom stereocenters. The van der Waals surface area contributed by atoms with Gasteiger partial charge in [0, 0.05) is 31.7 Å². The van der Waals surface area contributed by atoms with E-state index in [0.29, 0.717) is 17.9 Å². The molecule has 2 rings (SSSR count). The first-order valence-electron chi connectivity index (χ1n) is 6.14. The quantitative estimate of drug-likeness (QED) is 0.831. The molecule has 1 aromatic rings. The third-order valence-corrected chi connectivity index (χ3v) is 3.11. The van der Waals surface area contributed by atoms with Crippen LogP contribution in [0.15, 0.2) is 6.20 Å². The molecule has 0 radical (unpaired) electrons. The summed E-state index contributed by atoms with van der Waals surface area (Å²) in [6.07, 6.45) is 5.27. The van der Waals surface area contributed by atoms with Gasteiger partial charge in [-0.2, -0.15) is 0 Å². The fraction of sp³-hybridized carbons (Fsp3) is 0.769. The SMILES string of the molecule is CC(C)(C)Cc1cn2c(n1)CCC(CO)C2. The van der Waals surface area contributed by atoms with Crippen molar-refractivity contribution in [1.82, 2.24) is 9.55 Å². The van der Waals surface area contributed by atoms with E-state index in [4.69, 9.17) is 0 Å². The van der Waals surface area contributed by atoms with Crippen LogP contribution < -0.4 is 0 Å². The van der Waals surface area contributed by atoms with Crippen LogP contribution in [0.3, 0.4) is 0 Å². The molecule has 90 valence electrons. The lowest BCUT2D eigenvalue weighted by Gasteiger charge is -2.21. The highest BCUT2D eigenvalue weighted by Crippen LogP contribution is 2.24. The van der Waals surface area contributed by atoms with Crippen LogP contribution in [-0.4, -0.2) is 21.3 Å². The van der Waals surface area contributed by atoms with Gasteiger partial charge in [-0.3, -0.25) is 0 Å². The molecule has 0 aromatic carbocycles. The van der Waals surface area contributed by atoms with E-state index in [2.05, 4.69) is 36.5 Å². The molecule has 0 aliphatic carbocycles. The maximum Gasteiger partial charge on any atom is 0.108 e. The summed E-state index contributed by atoms with van der Waals surface area (Å²) in [7, 11) is 0. The topological polar surface area (TPSA) is 38.0 Å². The predicted octanol–water partition coefficient (Wildman–Crippen LogP) is 2.03. The summed E-state index contributed by atoms with van der Waals surface area (Å²) in [5.74, 6) is 1.62. The van der Waals surface area contributed by atoms with E-state index in [0.717, 1.165) is 25.8 Å². The maximum absolute atomic E-state index is 9.18. The van der Waals surface area contributed by atoms with Crippen LogP contribution >= 0.6 is 0 Å². The molecule has 1 aliphatic rings. The van der Waals surface area contributed by atoms with Crippen molar-refractivity contribution in [2.45, 2.75) is 46.6 Å². The Kier molecular flexibility index (Phi) is 3.06. The molecule has 1 aliphatic heterocycles. The fourth-order valence-corrected chi connectivity index (χ4v) is 2.35. The first-order valence-corrected chi connectivity index (χ1v) is 6.14. The Morgan fingerprint density at radius 3 is 2.88 bits per heavy atom. The van der Waals surface area contributed by atoms with Crippen LogP contribution in [0.2, 0.25) is 0 Å². The van der Waals surface area contributed by atoms with Gasteiger partial charge in [0.2, 0.25) is 0 Å². The molecule has 1 N–H and O–H groups in total. The third-order valence-electron chi connectivity index (χ3n) is 3.11. The number of aryl methyl sites for hydroxylation is 1. The van der Waals surface area contributed by atoms with Crippen molar-refractivity contribution >= 4 is 0 Å². The van der Waals surface area contributed by atoms with Crippen LogP contribution in [0.5, 0.6) is 0 Å². The van der Waals surface area contributed by atoms with Crippen molar-refractivity contribution in [1.29, 1.82) is 0 Å². The number of aliphatic hydroxyl groups is 1. The summed E-state index contributed by atoms with van der Waals surface area (Å²) in [6, 6.07) is 0. The summed E-state index contributed by atoms with van der Waals surface area (Å²) in [6.45, 7) is 7.95. The number of hydrogen-bond acceptors (Lipinski definition) is 2. The third kappa shape index (κ3) is 2.64. The normalized spacial score (nSPS) is 20.9. The van der Waals surface area contributed by atoms with Crippen LogP contribution in [-0.2, 0) is 19.4 Å².